The third-order valence-corrected chi connectivity index (χ3v) is 4.99. The molecule has 1 aromatic rings. The quantitative estimate of drug-likeness (QED) is 0.795. The van der Waals surface area contributed by atoms with Gasteiger partial charge in [-0.15, -0.1) is 0 Å². The van der Waals surface area contributed by atoms with Gasteiger partial charge in [-0.3, -0.25) is 15.6 Å². The van der Waals surface area contributed by atoms with Gasteiger partial charge in [-0.1, -0.05) is 13.8 Å². The Morgan fingerprint density at radius 2 is 2.05 bits per heavy atom. The molecule has 2 aliphatic heterocycles. The second-order valence-corrected chi connectivity index (χ2v) is 6.69. The number of carbonyl (C=O) groups is 1. The van der Waals surface area contributed by atoms with Gasteiger partial charge in [0, 0.05) is 31.4 Å². The fourth-order valence-electron chi connectivity index (χ4n) is 3.49. The number of aromatic nitrogens is 1. The molecule has 1 aromatic heterocycles. The Kier molecular flexibility index (Phi) is 4.31. The van der Waals surface area contributed by atoms with Crippen molar-refractivity contribution in [2.24, 2.45) is 11.8 Å². The van der Waals surface area contributed by atoms with E-state index in [0.29, 0.717) is 29.6 Å². The molecule has 2 fully saturated rings. The highest BCUT2D eigenvalue weighted by atomic mass is 16.2. The molecular weight excluding hydrogens is 264 g/mol. The predicted octanol–water partition coefficient (Wildman–Crippen LogP) is 1.76. The average Bonchev–Trinajstić information content (AvgIpc) is 3.18. The summed E-state index contributed by atoms with van der Waals surface area (Å²) >= 11 is 0. The van der Waals surface area contributed by atoms with E-state index in [0.717, 1.165) is 25.9 Å². The molecule has 2 saturated heterocycles. The minimum Gasteiger partial charge on any atom is -0.357 e. The maximum Gasteiger partial charge on any atom is 0.270 e. The molecule has 116 valence electrons. The zero-order valence-electron chi connectivity index (χ0n) is 12.9. The molecule has 21 heavy (non-hydrogen) atoms. The van der Waals surface area contributed by atoms with Crippen LogP contribution in [0.25, 0.3) is 0 Å². The monoisotopic (exact) mass is 290 g/mol. The van der Waals surface area contributed by atoms with Gasteiger partial charge in [0.1, 0.15) is 5.69 Å². The van der Waals surface area contributed by atoms with E-state index in [2.05, 4.69) is 29.7 Å². The fourth-order valence-corrected chi connectivity index (χ4v) is 3.49. The molecule has 0 aromatic carbocycles. The number of piperidine rings is 1. The molecule has 1 amide bonds. The number of hydrogen-bond acceptors (Lipinski definition) is 3. The molecule has 2 aliphatic rings. The van der Waals surface area contributed by atoms with Crippen LogP contribution in [-0.4, -0.2) is 41.0 Å². The number of nitrogens with one attached hydrogen (secondary N) is 3. The van der Waals surface area contributed by atoms with E-state index in [1.807, 2.05) is 17.0 Å². The van der Waals surface area contributed by atoms with E-state index in [4.69, 9.17) is 0 Å². The van der Waals surface area contributed by atoms with Gasteiger partial charge < -0.3 is 9.88 Å². The first-order chi connectivity index (χ1) is 10.1. The van der Waals surface area contributed by atoms with E-state index < -0.39 is 0 Å². The SMILES string of the molecule is CC(C)C1CC(C2CCN(C(=O)c3ccc[nH]3)CC2)NN1. The number of rotatable bonds is 3. The van der Waals surface area contributed by atoms with Crippen LogP contribution >= 0.6 is 0 Å². The maximum absolute atomic E-state index is 12.3. The van der Waals surface area contributed by atoms with Crippen molar-refractivity contribution in [2.45, 2.75) is 45.2 Å². The standard InChI is InChI=1S/C16H26N4O/c1-11(2)14-10-15(19-18-14)12-5-8-20(9-6-12)16(21)13-4-3-7-17-13/h3-4,7,11-12,14-15,17-19H,5-6,8-10H2,1-2H3. The van der Waals surface area contributed by atoms with Crippen LogP contribution in [0.15, 0.2) is 18.3 Å². The first-order valence-corrected chi connectivity index (χ1v) is 8.09. The number of likely N-dealkylation sites (tertiary alicyclic amines) is 1. The normalized spacial score (nSPS) is 27.5. The van der Waals surface area contributed by atoms with E-state index in [-0.39, 0.29) is 5.91 Å². The lowest BCUT2D eigenvalue weighted by Crippen LogP contribution is -2.44. The average molecular weight is 290 g/mol. The van der Waals surface area contributed by atoms with Crippen molar-refractivity contribution in [3.8, 4) is 0 Å². The second kappa shape index (κ2) is 6.20. The number of H-pyrrole nitrogens is 1. The van der Waals surface area contributed by atoms with Gasteiger partial charge in [0.05, 0.1) is 0 Å². The molecule has 0 aliphatic carbocycles. The Bertz CT molecular complexity index is 463. The summed E-state index contributed by atoms with van der Waals surface area (Å²) in [4.78, 5) is 17.3. The lowest BCUT2D eigenvalue weighted by Gasteiger charge is -2.34. The molecule has 0 spiro atoms. The molecule has 3 heterocycles. The first-order valence-electron chi connectivity index (χ1n) is 8.09. The van der Waals surface area contributed by atoms with Crippen molar-refractivity contribution in [2.75, 3.05) is 13.1 Å². The van der Waals surface area contributed by atoms with E-state index in [1.54, 1.807) is 6.20 Å². The van der Waals surface area contributed by atoms with Gasteiger partial charge in [-0.2, -0.15) is 0 Å². The van der Waals surface area contributed by atoms with Gasteiger partial charge in [-0.05, 0) is 43.2 Å². The van der Waals surface area contributed by atoms with Crippen molar-refractivity contribution >= 4 is 5.91 Å². The van der Waals surface area contributed by atoms with E-state index in [9.17, 15) is 4.79 Å². The van der Waals surface area contributed by atoms with Crippen LogP contribution in [0, 0.1) is 11.8 Å². The largest absolute Gasteiger partial charge is 0.357 e. The summed E-state index contributed by atoms with van der Waals surface area (Å²) in [7, 11) is 0. The Balaban J connectivity index is 1.51. The minimum absolute atomic E-state index is 0.135. The lowest BCUT2D eigenvalue weighted by atomic mass is 9.85. The van der Waals surface area contributed by atoms with Crippen LogP contribution in [0.5, 0.6) is 0 Å². The summed E-state index contributed by atoms with van der Waals surface area (Å²) in [6.45, 7) is 6.26. The third kappa shape index (κ3) is 3.14. The number of amides is 1. The first kappa shape index (κ1) is 14.6. The highest BCUT2D eigenvalue weighted by Gasteiger charge is 2.34. The number of hydrogen-bond donors (Lipinski definition) is 3. The third-order valence-electron chi connectivity index (χ3n) is 4.99. The minimum atomic E-state index is 0.135. The molecule has 2 atom stereocenters. The molecule has 0 bridgehead atoms. The molecule has 5 nitrogen and oxygen atoms in total. The van der Waals surface area contributed by atoms with Crippen LogP contribution in [0.2, 0.25) is 0 Å². The smallest absolute Gasteiger partial charge is 0.270 e. The van der Waals surface area contributed by atoms with Gasteiger partial charge in [0.25, 0.3) is 5.91 Å². The highest BCUT2D eigenvalue weighted by molar-refractivity contribution is 5.92. The highest BCUT2D eigenvalue weighted by Crippen LogP contribution is 2.27. The summed E-state index contributed by atoms with van der Waals surface area (Å²) in [5.41, 5.74) is 7.60. The number of nitrogens with zero attached hydrogens (tertiary/aromatic N) is 1. The zero-order valence-corrected chi connectivity index (χ0v) is 12.9. The number of carbonyl (C=O) groups excluding carboxylic acids is 1. The molecule has 5 heteroatoms. The summed E-state index contributed by atoms with van der Waals surface area (Å²) in [5.74, 6) is 1.47. The van der Waals surface area contributed by atoms with Crippen LogP contribution in [0.3, 0.4) is 0 Å². The molecule has 0 saturated carbocycles. The van der Waals surface area contributed by atoms with E-state index in [1.165, 1.54) is 6.42 Å². The molecule has 3 N–H and O–H groups in total. The number of hydrazine groups is 1. The van der Waals surface area contributed by atoms with Gasteiger partial charge in [-0.25, -0.2) is 0 Å². The van der Waals surface area contributed by atoms with E-state index >= 15 is 0 Å². The summed E-state index contributed by atoms with van der Waals surface area (Å²) in [5, 5.41) is 0. The summed E-state index contributed by atoms with van der Waals surface area (Å²) in [6, 6.07) is 4.86. The van der Waals surface area contributed by atoms with Gasteiger partial charge >= 0.3 is 0 Å². The second-order valence-electron chi connectivity index (χ2n) is 6.69. The molecular formula is C16H26N4O. The Labute approximate surface area is 126 Å². The molecule has 0 radical (unpaired) electrons. The number of aromatic amines is 1. The van der Waals surface area contributed by atoms with Crippen molar-refractivity contribution in [3.05, 3.63) is 24.0 Å². The summed E-state index contributed by atoms with van der Waals surface area (Å²) in [6.07, 6.45) is 5.19. The Morgan fingerprint density at radius 1 is 1.29 bits per heavy atom. The maximum atomic E-state index is 12.3. The zero-order chi connectivity index (χ0) is 14.8. The van der Waals surface area contributed by atoms with Crippen molar-refractivity contribution in [1.82, 2.24) is 20.7 Å². The molecule has 3 rings (SSSR count). The van der Waals surface area contributed by atoms with Crippen molar-refractivity contribution in [1.29, 1.82) is 0 Å². The lowest BCUT2D eigenvalue weighted by molar-refractivity contribution is 0.0668. The van der Waals surface area contributed by atoms with Crippen molar-refractivity contribution in [3.63, 3.8) is 0 Å². The topological polar surface area (TPSA) is 60.2 Å². The van der Waals surface area contributed by atoms with Crippen LogP contribution in [0.4, 0.5) is 0 Å². The fraction of sp³-hybridized carbons (Fsp3) is 0.688. The van der Waals surface area contributed by atoms with Gasteiger partial charge in [0.15, 0.2) is 0 Å². The molecule has 2 unspecified atom stereocenters. The van der Waals surface area contributed by atoms with Crippen LogP contribution < -0.4 is 10.9 Å². The predicted molar refractivity (Wildman–Crippen MR) is 82.7 cm³/mol. The van der Waals surface area contributed by atoms with Crippen LogP contribution in [-0.2, 0) is 0 Å². The summed E-state index contributed by atoms with van der Waals surface area (Å²) < 4.78 is 0. The van der Waals surface area contributed by atoms with Gasteiger partial charge in [0.2, 0.25) is 0 Å². The van der Waals surface area contributed by atoms with Crippen molar-refractivity contribution < 1.29 is 4.79 Å². The Morgan fingerprint density at radius 3 is 2.62 bits per heavy atom. The van der Waals surface area contributed by atoms with Crippen LogP contribution in [0.1, 0.15) is 43.6 Å². The Hall–Kier alpha value is -1.33.